The molecule has 0 aromatic heterocycles. The summed E-state index contributed by atoms with van der Waals surface area (Å²) in [6.07, 6.45) is 0. The van der Waals surface area contributed by atoms with Crippen LogP contribution in [0, 0.1) is 13.8 Å². The van der Waals surface area contributed by atoms with Gasteiger partial charge in [-0.1, -0.05) is 6.07 Å². The highest BCUT2D eigenvalue weighted by atomic mass is 79.9. The zero-order valence-corrected chi connectivity index (χ0v) is 11.1. The molecule has 5 heteroatoms. The molecule has 1 aromatic carbocycles. The molecule has 0 saturated carbocycles. The second kappa shape index (κ2) is 5.32. The third-order valence-electron chi connectivity index (χ3n) is 2.58. The Morgan fingerprint density at radius 3 is 2.62 bits per heavy atom. The molecule has 1 heterocycles. The van der Waals surface area contributed by atoms with Crippen molar-refractivity contribution in [2.45, 2.75) is 13.8 Å². The Balaban J connectivity index is 0.00000128. The fourth-order valence-electron chi connectivity index (χ4n) is 1.49. The highest BCUT2D eigenvalue weighted by Crippen LogP contribution is 2.15. The smallest absolute Gasteiger partial charge is 0.222 e. The van der Waals surface area contributed by atoms with E-state index in [1.54, 1.807) is 0 Å². The van der Waals surface area contributed by atoms with E-state index < -0.39 is 0 Å². The molecule has 4 nitrogen and oxygen atoms in total. The van der Waals surface area contributed by atoms with Crippen LogP contribution in [0.4, 0.5) is 5.69 Å². The van der Waals surface area contributed by atoms with Gasteiger partial charge in [-0.15, -0.1) is 17.0 Å². The van der Waals surface area contributed by atoms with Crippen molar-refractivity contribution < 1.29 is 5.21 Å². The number of guanidine groups is 1. The van der Waals surface area contributed by atoms with Crippen LogP contribution < -0.4 is 5.32 Å². The maximum absolute atomic E-state index is 9.41. The Labute approximate surface area is 106 Å². The fourth-order valence-corrected chi connectivity index (χ4v) is 1.49. The molecule has 0 spiro atoms. The van der Waals surface area contributed by atoms with Gasteiger partial charge in [0, 0.05) is 5.69 Å². The molecule has 0 aliphatic carbocycles. The van der Waals surface area contributed by atoms with Crippen molar-refractivity contribution in [1.29, 1.82) is 0 Å². The van der Waals surface area contributed by atoms with Crippen molar-refractivity contribution in [1.82, 2.24) is 5.06 Å². The Bertz CT molecular complexity index is 406. The maximum Gasteiger partial charge on any atom is 0.222 e. The number of nitrogens with one attached hydrogen (secondary N) is 1. The minimum atomic E-state index is 0. The lowest BCUT2D eigenvalue weighted by Gasteiger charge is -2.14. The van der Waals surface area contributed by atoms with Gasteiger partial charge < -0.3 is 5.32 Å². The lowest BCUT2D eigenvalue weighted by molar-refractivity contribution is -0.00269. The van der Waals surface area contributed by atoms with E-state index in [4.69, 9.17) is 0 Å². The quantitative estimate of drug-likeness (QED) is 0.833. The van der Waals surface area contributed by atoms with Crippen molar-refractivity contribution in [3.63, 3.8) is 0 Å². The predicted octanol–water partition coefficient (Wildman–Crippen LogP) is 2.35. The molecule has 1 aromatic rings. The highest BCUT2D eigenvalue weighted by Gasteiger charge is 2.14. The third-order valence-corrected chi connectivity index (χ3v) is 2.58. The van der Waals surface area contributed by atoms with Crippen LogP contribution in [0.1, 0.15) is 11.1 Å². The number of aryl methyl sites for hydroxylation is 2. The Morgan fingerprint density at radius 2 is 2.06 bits per heavy atom. The summed E-state index contributed by atoms with van der Waals surface area (Å²) < 4.78 is 0. The summed E-state index contributed by atoms with van der Waals surface area (Å²) in [7, 11) is 0. The van der Waals surface area contributed by atoms with Gasteiger partial charge in [-0.05, 0) is 37.1 Å². The monoisotopic (exact) mass is 285 g/mol. The van der Waals surface area contributed by atoms with Crippen LogP contribution in [-0.4, -0.2) is 29.3 Å². The molecule has 16 heavy (non-hydrogen) atoms. The van der Waals surface area contributed by atoms with E-state index in [-0.39, 0.29) is 17.0 Å². The summed E-state index contributed by atoms with van der Waals surface area (Å²) in [5.74, 6) is 0.526. The number of hydrogen-bond donors (Lipinski definition) is 2. The zero-order chi connectivity index (χ0) is 10.8. The molecular formula is C11H16BrN3O. The van der Waals surface area contributed by atoms with Crippen LogP contribution in [0.5, 0.6) is 0 Å². The average Bonchev–Trinajstić information content (AvgIpc) is 2.59. The van der Waals surface area contributed by atoms with Crippen LogP contribution in [0.2, 0.25) is 0 Å². The summed E-state index contributed by atoms with van der Waals surface area (Å²) in [6.45, 7) is 5.34. The Morgan fingerprint density at radius 1 is 1.31 bits per heavy atom. The number of hydroxylamine groups is 2. The zero-order valence-electron chi connectivity index (χ0n) is 9.40. The van der Waals surface area contributed by atoms with Crippen molar-refractivity contribution in [2.24, 2.45) is 4.99 Å². The van der Waals surface area contributed by atoms with E-state index >= 15 is 0 Å². The maximum atomic E-state index is 9.41. The third kappa shape index (κ3) is 2.74. The van der Waals surface area contributed by atoms with Gasteiger partial charge in [-0.3, -0.25) is 5.21 Å². The van der Waals surface area contributed by atoms with Crippen molar-refractivity contribution in [2.75, 3.05) is 18.4 Å². The van der Waals surface area contributed by atoms with Crippen LogP contribution in [0.15, 0.2) is 23.2 Å². The Hall–Kier alpha value is -1.07. The van der Waals surface area contributed by atoms with Crippen LogP contribution in [0.25, 0.3) is 0 Å². The first-order chi connectivity index (χ1) is 7.16. The summed E-state index contributed by atoms with van der Waals surface area (Å²) in [5.41, 5.74) is 3.44. The number of benzene rings is 1. The number of halogens is 1. The van der Waals surface area contributed by atoms with Gasteiger partial charge in [0.1, 0.15) is 0 Å². The number of rotatable bonds is 1. The summed E-state index contributed by atoms with van der Waals surface area (Å²) in [4.78, 5) is 4.15. The standard InChI is InChI=1S/C11H15N3O.BrH/c1-8-3-4-10(7-9(8)2)13-11-12-5-6-14(11)15;/h3-4,7,15H,5-6H2,1-2H3,(H,12,13);1H. The second-order valence-corrected chi connectivity index (χ2v) is 3.75. The van der Waals surface area contributed by atoms with Crippen molar-refractivity contribution >= 4 is 28.6 Å². The molecule has 0 atom stereocenters. The number of aliphatic imine (C=N–C) groups is 1. The molecule has 0 bridgehead atoms. The summed E-state index contributed by atoms with van der Waals surface area (Å²) >= 11 is 0. The van der Waals surface area contributed by atoms with Gasteiger partial charge in [0.25, 0.3) is 0 Å². The van der Waals surface area contributed by atoms with Crippen molar-refractivity contribution in [3.05, 3.63) is 29.3 Å². The van der Waals surface area contributed by atoms with Gasteiger partial charge in [-0.25, -0.2) is 10.1 Å². The van der Waals surface area contributed by atoms with Crippen LogP contribution in [-0.2, 0) is 0 Å². The number of nitrogens with zero attached hydrogens (tertiary/aromatic N) is 2. The first-order valence-electron chi connectivity index (χ1n) is 5.02. The molecular weight excluding hydrogens is 270 g/mol. The number of anilines is 1. The lowest BCUT2D eigenvalue weighted by Crippen LogP contribution is -2.29. The van der Waals surface area contributed by atoms with Gasteiger partial charge in [0.15, 0.2) is 0 Å². The molecule has 2 rings (SSSR count). The molecule has 0 fully saturated rings. The van der Waals surface area contributed by atoms with E-state index in [2.05, 4.69) is 30.2 Å². The van der Waals surface area contributed by atoms with Crippen LogP contribution in [0.3, 0.4) is 0 Å². The average molecular weight is 286 g/mol. The molecule has 0 amide bonds. The lowest BCUT2D eigenvalue weighted by atomic mass is 10.1. The van der Waals surface area contributed by atoms with E-state index in [0.717, 1.165) is 10.8 Å². The topological polar surface area (TPSA) is 47.9 Å². The Kier molecular flexibility index (Phi) is 4.32. The van der Waals surface area contributed by atoms with Crippen LogP contribution >= 0.6 is 17.0 Å². The van der Waals surface area contributed by atoms with Gasteiger partial charge >= 0.3 is 0 Å². The highest BCUT2D eigenvalue weighted by molar-refractivity contribution is 8.93. The fraction of sp³-hybridized carbons (Fsp3) is 0.364. The number of hydrogen-bond acceptors (Lipinski definition) is 4. The molecule has 0 saturated heterocycles. The summed E-state index contributed by atoms with van der Waals surface area (Å²) in [6, 6.07) is 6.08. The van der Waals surface area contributed by atoms with E-state index in [1.807, 2.05) is 12.1 Å². The predicted molar refractivity (Wildman–Crippen MR) is 70.7 cm³/mol. The first-order valence-corrected chi connectivity index (χ1v) is 5.02. The van der Waals surface area contributed by atoms with E-state index in [0.29, 0.717) is 19.0 Å². The molecule has 1 aliphatic heterocycles. The summed E-state index contributed by atoms with van der Waals surface area (Å²) in [5, 5.41) is 13.6. The minimum absolute atomic E-state index is 0. The molecule has 2 N–H and O–H groups in total. The molecule has 0 unspecified atom stereocenters. The molecule has 1 aliphatic rings. The largest absolute Gasteiger partial charge is 0.324 e. The molecule has 0 radical (unpaired) electrons. The normalized spacial score (nSPS) is 14.4. The minimum Gasteiger partial charge on any atom is -0.324 e. The van der Waals surface area contributed by atoms with E-state index in [1.165, 1.54) is 11.1 Å². The molecule has 88 valence electrons. The van der Waals surface area contributed by atoms with Gasteiger partial charge in [0.05, 0.1) is 13.1 Å². The SMILES string of the molecule is Br.Cc1ccc(NC2=NCCN2O)cc1C. The van der Waals surface area contributed by atoms with E-state index in [9.17, 15) is 5.21 Å². The first kappa shape index (κ1) is 13.0. The van der Waals surface area contributed by atoms with Gasteiger partial charge in [-0.2, -0.15) is 0 Å². The second-order valence-electron chi connectivity index (χ2n) is 3.75. The van der Waals surface area contributed by atoms with Crippen molar-refractivity contribution in [3.8, 4) is 0 Å². The van der Waals surface area contributed by atoms with Gasteiger partial charge in [0.2, 0.25) is 5.96 Å².